The maximum Gasteiger partial charge on any atom is 0.0420 e. The van der Waals surface area contributed by atoms with Gasteiger partial charge in [0.1, 0.15) is 0 Å². The monoisotopic (exact) mass is 258 g/mol. The van der Waals surface area contributed by atoms with Crippen molar-refractivity contribution in [3.63, 3.8) is 0 Å². The quantitative estimate of drug-likeness (QED) is 0.706. The van der Waals surface area contributed by atoms with Crippen molar-refractivity contribution in [2.75, 3.05) is 31.6 Å². The average molecular weight is 258 g/mol. The number of aryl methyl sites for hydroxylation is 1. The summed E-state index contributed by atoms with van der Waals surface area (Å²) >= 11 is 0. The second-order valence-electron chi connectivity index (χ2n) is 7.24. The van der Waals surface area contributed by atoms with Crippen LogP contribution in [-0.2, 0) is 11.8 Å². The molecule has 0 aliphatic carbocycles. The maximum absolute atomic E-state index is 2.64. The summed E-state index contributed by atoms with van der Waals surface area (Å²) in [5.74, 6) is 0. The van der Waals surface area contributed by atoms with Crippen LogP contribution in [0.5, 0.6) is 0 Å². The number of fused-ring (bicyclic) bond motifs is 3. The van der Waals surface area contributed by atoms with Gasteiger partial charge in [0.05, 0.1) is 0 Å². The van der Waals surface area contributed by atoms with Gasteiger partial charge < -0.3 is 9.80 Å². The van der Waals surface area contributed by atoms with E-state index in [-0.39, 0.29) is 5.41 Å². The first-order chi connectivity index (χ1) is 8.95. The van der Waals surface area contributed by atoms with Crippen molar-refractivity contribution in [1.82, 2.24) is 4.90 Å². The van der Waals surface area contributed by atoms with Gasteiger partial charge in [0.25, 0.3) is 0 Å². The van der Waals surface area contributed by atoms with E-state index in [4.69, 9.17) is 0 Å². The van der Waals surface area contributed by atoms with Crippen molar-refractivity contribution >= 4 is 5.69 Å². The zero-order chi connectivity index (χ0) is 13.6. The number of benzene rings is 1. The highest BCUT2D eigenvalue weighted by molar-refractivity contribution is 5.59. The first kappa shape index (κ1) is 13.0. The van der Waals surface area contributed by atoms with Crippen molar-refractivity contribution in [2.24, 2.45) is 0 Å². The molecule has 0 spiro atoms. The van der Waals surface area contributed by atoms with Crippen LogP contribution in [0.15, 0.2) is 18.2 Å². The first-order valence-electron chi connectivity index (χ1n) is 7.54. The van der Waals surface area contributed by atoms with E-state index in [1.807, 2.05) is 0 Å². The van der Waals surface area contributed by atoms with Gasteiger partial charge in [-0.05, 0) is 42.5 Å². The zero-order valence-electron chi connectivity index (χ0n) is 12.7. The Balaban J connectivity index is 1.93. The molecular formula is C17H26N2. The molecule has 1 unspecified atom stereocenters. The van der Waals surface area contributed by atoms with Gasteiger partial charge in [-0.1, -0.05) is 32.9 Å². The van der Waals surface area contributed by atoms with E-state index in [1.165, 1.54) is 43.7 Å². The summed E-state index contributed by atoms with van der Waals surface area (Å²) < 4.78 is 0. The van der Waals surface area contributed by atoms with Gasteiger partial charge in [-0.3, -0.25) is 0 Å². The number of likely N-dealkylation sites (N-methyl/N-ethyl adjacent to an activating group) is 1. The molecule has 2 heteroatoms. The molecule has 0 N–H and O–H groups in total. The molecule has 2 heterocycles. The topological polar surface area (TPSA) is 6.48 Å². The fourth-order valence-electron chi connectivity index (χ4n) is 3.43. The molecule has 3 rings (SSSR count). The molecule has 0 radical (unpaired) electrons. The van der Waals surface area contributed by atoms with Crippen molar-refractivity contribution in [3.8, 4) is 0 Å². The number of nitrogens with zero attached hydrogens (tertiary/aromatic N) is 2. The van der Waals surface area contributed by atoms with Crippen molar-refractivity contribution in [1.29, 1.82) is 0 Å². The van der Waals surface area contributed by atoms with E-state index in [0.29, 0.717) is 0 Å². The fraction of sp³-hybridized carbons (Fsp3) is 0.647. The predicted octanol–water partition coefficient (Wildman–Crippen LogP) is 3.05. The van der Waals surface area contributed by atoms with Gasteiger partial charge in [-0.25, -0.2) is 0 Å². The summed E-state index contributed by atoms with van der Waals surface area (Å²) in [4.78, 5) is 5.11. The molecule has 0 aromatic heterocycles. The Morgan fingerprint density at radius 1 is 1.16 bits per heavy atom. The molecule has 0 saturated carbocycles. The highest BCUT2D eigenvalue weighted by Crippen LogP contribution is 2.35. The van der Waals surface area contributed by atoms with Gasteiger partial charge >= 0.3 is 0 Å². The molecule has 19 heavy (non-hydrogen) atoms. The Bertz CT molecular complexity index is 473. The van der Waals surface area contributed by atoms with E-state index in [2.05, 4.69) is 55.8 Å². The van der Waals surface area contributed by atoms with Gasteiger partial charge in [-0.15, -0.1) is 0 Å². The molecule has 1 aromatic rings. The van der Waals surface area contributed by atoms with Gasteiger partial charge in [0.2, 0.25) is 0 Å². The molecule has 2 nitrogen and oxygen atoms in total. The largest absolute Gasteiger partial charge is 0.366 e. The summed E-state index contributed by atoms with van der Waals surface area (Å²) in [6.45, 7) is 10.5. The van der Waals surface area contributed by atoms with Crippen molar-refractivity contribution in [2.45, 2.75) is 45.1 Å². The van der Waals surface area contributed by atoms with E-state index in [0.717, 1.165) is 6.04 Å². The molecule has 1 aromatic carbocycles. The second kappa shape index (κ2) is 4.52. The van der Waals surface area contributed by atoms with Gasteiger partial charge in [0, 0.05) is 31.4 Å². The SMILES string of the molecule is CN1CCN2c3ccc(C(C)(C)C)cc3CCC2C1. The number of anilines is 1. The van der Waals surface area contributed by atoms with E-state index in [1.54, 1.807) is 5.56 Å². The molecule has 1 saturated heterocycles. The lowest BCUT2D eigenvalue weighted by Gasteiger charge is -2.45. The number of hydrogen-bond donors (Lipinski definition) is 0. The van der Waals surface area contributed by atoms with Crippen LogP contribution in [0.3, 0.4) is 0 Å². The van der Waals surface area contributed by atoms with Crippen molar-refractivity contribution in [3.05, 3.63) is 29.3 Å². The lowest BCUT2D eigenvalue weighted by atomic mass is 9.83. The summed E-state index contributed by atoms with van der Waals surface area (Å²) in [7, 11) is 2.25. The average Bonchev–Trinajstić information content (AvgIpc) is 2.36. The minimum absolute atomic E-state index is 0.258. The standard InChI is InChI=1S/C17H26N2/c1-17(2,3)14-6-8-16-13(11-14)5-7-15-12-18(4)9-10-19(15)16/h6,8,11,15H,5,7,9-10,12H2,1-4H3. The summed E-state index contributed by atoms with van der Waals surface area (Å²) in [5, 5.41) is 0. The molecule has 0 amide bonds. The fourth-order valence-corrected chi connectivity index (χ4v) is 3.43. The molecular weight excluding hydrogens is 232 g/mol. The lowest BCUT2D eigenvalue weighted by molar-refractivity contribution is 0.256. The Morgan fingerprint density at radius 3 is 2.68 bits per heavy atom. The molecule has 0 bridgehead atoms. The highest BCUT2D eigenvalue weighted by Gasteiger charge is 2.30. The minimum Gasteiger partial charge on any atom is -0.366 e. The summed E-state index contributed by atoms with van der Waals surface area (Å²) in [6.07, 6.45) is 2.55. The zero-order valence-corrected chi connectivity index (χ0v) is 12.7. The second-order valence-corrected chi connectivity index (χ2v) is 7.24. The smallest absolute Gasteiger partial charge is 0.0420 e. The number of piperazine rings is 1. The Kier molecular flexibility index (Phi) is 3.09. The molecule has 1 fully saturated rings. The molecule has 2 aliphatic rings. The number of hydrogen-bond acceptors (Lipinski definition) is 2. The lowest BCUT2D eigenvalue weighted by Crippen LogP contribution is -2.53. The third-order valence-electron chi connectivity index (χ3n) is 4.69. The maximum atomic E-state index is 2.64. The third kappa shape index (κ3) is 2.38. The van der Waals surface area contributed by atoms with Crippen LogP contribution in [-0.4, -0.2) is 37.6 Å². The van der Waals surface area contributed by atoms with Gasteiger partial charge in [0.15, 0.2) is 0 Å². The Hall–Kier alpha value is -1.02. The molecule has 2 aliphatic heterocycles. The Labute approximate surface area is 117 Å². The molecule has 1 atom stereocenters. The van der Waals surface area contributed by atoms with Crippen molar-refractivity contribution < 1.29 is 0 Å². The van der Waals surface area contributed by atoms with E-state index in [9.17, 15) is 0 Å². The van der Waals surface area contributed by atoms with Crippen LogP contribution in [0.1, 0.15) is 38.3 Å². The van der Waals surface area contributed by atoms with Crippen LogP contribution < -0.4 is 4.90 Å². The van der Waals surface area contributed by atoms with Gasteiger partial charge in [-0.2, -0.15) is 0 Å². The van der Waals surface area contributed by atoms with Crippen LogP contribution in [0, 0.1) is 0 Å². The van der Waals surface area contributed by atoms with Crippen LogP contribution in [0.25, 0.3) is 0 Å². The summed E-state index contributed by atoms with van der Waals surface area (Å²) in [5.41, 5.74) is 4.79. The predicted molar refractivity (Wildman–Crippen MR) is 82.1 cm³/mol. The summed E-state index contributed by atoms with van der Waals surface area (Å²) in [6, 6.07) is 7.88. The van der Waals surface area contributed by atoms with Crippen LogP contribution >= 0.6 is 0 Å². The van der Waals surface area contributed by atoms with E-state index < -0.39 is 0 Å². The Morgan fingerprint density at radius 2 is 1.95 bits per heavy atom. The highest BCUT2D eigenvalue weighted by atomic mass is 15.3. The minimum atomic E-state index is 0.258. The number of rotatable bonds is 0. The first-order valence-corrected chi connectivity index (χ1v) is 7.54. The molecule has 104 valence electrons. The van der Waals surface area contributed by atoms with Crippen LogP contribution in [0.2, 0.25) is 0 Å². The van der Waals surface area contributed by atoms with Crippen LogP contribution in [0.4, 0.5) is 5.69 Å². The normalized spacial score (nSPS) is 24.0. The third-order valence-corrected chi connectivity index (χ3v) is 4.69. The van der Waals surface area contributed by atoms with E-state index >= 15 is 0 Å².